The standard InChI is InChI=1S/C14H17NO3/c1-4-18-14(17)13(16)10-7-11-5-8-12(9-6-11)15(2)3/h5-10H,4H2,1-3H3/b10-7+. The maximum absolute atomic E-state index is 11.3. The number of carbonyl (C=O) groups excluding carboxylic acids is 2. The predicted molar refractivity (Wildman–Crippen MR) is 71.4 cm³/mol. The fourth-order valence-corrected chi connectivity index (χ4v) is 1.33. The molecule has 0 heterocycles. The number of carbonyl (C=O) groups is 2. The van der Waals surface area contributed by atoms with Crippen LogP contribution in [0.25, 0.3) is 6.08 Å². The lowest BCUT2D eigenvalue weighted by Crippen LogP contribution is -2.14. The summed E-state index contributed by atoms with van der Waals surface area (Å²) in [5.74, 6) is -1.47. The maximum atomic E-state index is 11.3. The molecule has 96 valence electrons. The number of rotatable bonds is 5. The number of anilines is 1. The predicted octanol–water partition coefficient (Wildman–Crippen LogP) is 1.90. The molecule has 0 aliphatic carbocycles. The van der Waals surface area contributed by atoms with Crippen LogP contribution < -0.4 is 4.90 Å². The molecule has 4 nitrogen and oxygen atoms in total. The summed E-state index contributed by atoms with van der Waals surface area (Å²) in [6, 6.07) is 7.64. The van der Waals surface area contributed by atoms with Crippen molar-refractivity contribution in [3.63, 3.8) is 0 Å². The molecule has 1 aromatic carbocycles. The molecule has 0 aliphatic heterocycles. The lowest BCUT2D eigenvalue weighted by Gasteiger charge is -2.11. The largest absolute Gasteiger partial charge is 0.460 e. The van der Waals surface area contributed by atoms with Gasteiger partial charge in [-0.25, -0.2) is 4.79 Å². The maximum Gasteiger partial charge on any atom is 0.379 e. The Bertz CT molecular complexity index is 447. The van der Waals surface area contributed by atoms with Crippen molar-refractivity contribution in [2.75, 3.05) is 25.6 Å². The quantitative estimate of drug-likeness (QED) is 0.453. The zero-order valence-electron chi connectivity index (χ0n) is 10.8. The van der Waals surface area contributed by atoms with E-state index in [-0.39, 0.29) is 6.61 Å². The van der Waals surface area contributed by atoms with E-state index in [1.54, 1.807) is 13.0 Å². The van der Waals surface area contributed by atoms with E-state index in [9.17, 15) is 9.59 Å². The van der Waals surface area contributed by atoms with Crippen LogP contribution >= 0.6 is 0 Å². The van der Waals surface area contributed by atoms with E-state index in [0.29, 0.717) is 0 Å². The highest BCUT2D eigenvalue weighted by molar-refractivity contribution is 6.39. The molecule has 0 aromatic heterocycles. The van der Waals surface area contributed by atoms with Crippen LogP contribution in [-0.4, -0.2) is 32.5 Å². The van der Waals surface area contributed by atoms with Gasteiger partial charge in [-0.15, -0.1) is 0 Å². The van der Waals surface area contributed by atoms with E-state index >= 15 is 0 Å². The van der Waals surface area contributed by atoms with Gasteiger partial charge in [0.25, 0.3) is 5.78 Å². The lowest BCUT2D eigenvalue weighted by atomic mass is 10.1. The minimum atomic E-state index is -0.821. The fraction of sp³-hybridized carbons (Fsp3) is 0.286. The first-order chi connectivity index (χ1) is 8.54. The SMILES string of the molecule is CCOC(=O)C(=O)/C=C/c1ccc(N(C)C)cc1. The molecule has 4 heteroatoms. The second kappa shape index (κ2) is 6.59. The van der Waals surface area contributed by atoms with Crippen LogP contribution in [0.3, 0.4) is 0 Å². The fourth-order valence-electron chi connectivity index (χ4n) is 1.33. The van der Waals surface area contributed by atoms with E-state index < -0.39 is 11.8 Å². The van der Waals surface area contributed by atoms with Crippen molar-refractivity contribution < 1.29 is 14.3 Å². The average molecular weight is 247 g/mol. The lowest BCUT2D eigenvalue weighted by molar-refractivity contribution is -0.151. The van der Waals surface area contributed by atoms with Crippen LogP contribution in [0.1, 0.15) is 12.5 Å². The average Bonchev–Trinajstić information content (AvgIpc) is 2.36. The molecule has 18 heavy (non-hydrogen) atoms. The first-order valence-corrected chi connectivity index (χ1v) is 5.71. The molecular weight excluding hydrogens is 230 g/mol. The van der Waals surface area contributed by atoms with E-state index in [4.69, 9.17) is 0 Å². The van der Waals surface area contributed by atoms with Gasteiger partial charge in [-0.1, -0.05) is 18.2 Å². The monoisotopic (exact) mass is 247 g/mol. The van der Waals surface area contributed by atoms with Crippen LogP contribution in [0, 0.1) is 0 Å². The van der Waals surface area contributed by atoms with Gasteiger partial charge >= 0.3 is 5.97 Å². The molecule has 0 spiro atoms. The van der Waals surface area contributed by atoms with E-state index in [1.807, 2.05) is 43.3 Å². The van der Waals surface area contributed by atoms with Gasteiger partial charge in [-0.3, -0.25) is 4.79 Å². The Labute approximate surface area is 107 Å². The van der Waals surface area contributed by atoms with Crippen LogP contribution in [-0.2, 0) is 14.3 Å². The van der Waals surface area contributed by atoms with Crippen molar-refractivity contribution in [3.8, 4) is 0 Å². The van der Waals surface area contributed by atoms with Gasteiger partial charge in [0, 0.05) is 19.8 Å². The van der Waals surface area contributed by atoms with Crippen molar-refractivity contribution in [1.29, 1.82) is 0 Å². The highest BCUT2D eigenvalue weighted by Gasteiger charge is 2.09. The van der Waals surface area contributed by atoms with Gasteiger partial charge in [-0.05, 0) is 30.7 Å². The van der Waals surface area contributed by atoms with Crippen molar-refractivity contribution in [1.82, 2.24) is 0 Å². The molecule has 0 saturated carbocycles. The van der Waals surface area contributed by atoms with Crippen molar-refractivity contribution >= 4 is 23.5 Å². The van der Waals surface area contributed by atoms with Crippen LogP contribution in [0.5, 0.6) is 0 Å². The third-order valence-electron chi connectivity index (χ3n) is 2.31. The van der Waals surface area contributed by atoms with Gasteiger partial charge in [0.2, 0.25) is 0 Å². The Balaban J connectivity index is 2.67. The Kier molecular flexibility index (Phi) is 5.11. The molecule has 1 aromatic rings. The zero-order valence-corrected chi connectivity index (χ0v) is 10.8. The number of benzene rings is 1. The summed E-state index contributed by atoms with van der Waals surface area (Å²) in [4.78, 5) is 24.4. The Morgan fingerprint density at radius 1 is 1.22 bits per heavy atom. The summed E-state index contributed by atoms with van der Waals surface area (Å²) in [5, 5.41) is 0. The molecule has 0 bridgehead atoms. The molecule has 0 unspecified atom stereocenters. The molecule has 0 N–H and O–H groups in total. The van der Waals surface area contributed by atoms with Gasteiger partial charge in [0.1, 0.15) is 0 Å². The summed E-state index contributed by atoms with van der Waals surface area (Å²) < 4.78 is 4.60. The second-order valence-corrected chi connectivity index (χ2v) is 3.90. The van der Waals surface area contributed by atoms with E-state index in [0.717, 1.165) is 11.3 Å². The van der Waals surface area contributed by atoms with Crippen LogP contribution in [0.4, 0.5) is 5.69 Å². The third kappa shape index (κ3) is 4.05. The number of ether oxygens (including phenoxy) is 1. The molecule has 0 radical (unpaired) electrons. The summed E-state index contributed by atoms with van der Waals surface area (Å²) in [5.41, 5.74) is 1.93. The normalized spacial score (nSPS) is 10.4. The molecule has 0 amide bonds. The molecule has 0 atom stereocenters. The minimum absolute atomic E-state index is 0.204. The Morgan fingerprint density at radius 2 is 1.83 bits per heavy atom. The Hall–Kier alpha value is -2.10. The number of nitrogens with zero attached hydrogens (tertiary/aromatic N) is 1. The summed E-state index contributed by atoms with van der Waals surface area (Å²) in [6.45, 7) is 1.87. The van der Waals surface area contributed by atoms with Gasteiger partial charge in [0.15, 0.2) is 0 Å². The zero-order chi connectivity index (χ0) is 13.5. The van der Waals surface area contributed by atoms with Crippen molar-refractivity contribution in [2.24, 2.45) is 0 Å². The van der Waals surface area contributed by atoms with Gasteiger partial charge in [-0.2, -0.15) is 0 Å². The number of hydrogen-bond acceptors (Lipinski definition) is 4. The summed E-state index contributed by atoms with van der Waals surface area (Å²) >= 11 is 0. The summed E-state index contributed by atoms with van der Waals surface area (Å²) in [7, 11) is 3.91. The molecular formula is C14H17NO3. The summed E-state index contributed by atoms with van der Waals surface area (Å²) in [6.07, 6.45) is 2.82. The first-order valence-electron chi connectivity index (χ1n) is 5.71. The highest BCUT2D eigenvalue weighted by Crippen LogP contribution is 2.13. The van der Waals surface area contributed by atoms with Crippen LogP contribution in [0.15, 0.2) is 30.3 Å². The topological polar surface area (TPSA) is 46.6 Å². The van der Waals surface area contributed by atoms with Gasteiger partial charge < -0.3 is 9.64 Å². The molecule has 0 fully saturated rings. The number of esters is 1. The highest BCUT2D eigenvalue weighted by atomic mass is 16.5. The van der Waals surface area contributed by atoms with Gasteiger partial charge in [0.05, 0.1) is 6.61 Å². The van der Waals surface area contributed by atoms with E-state index in [1.165, 1.54) is 6.08 Å². The minimum Gasteiger partial charge on any atom is -0.460 e. The number of ketones is 1. The smallest absolute Gasteiger partial charge is 0.379 e. The van der Waals surface area contributed by atoms with Crippen molar-refractivity contribution in [3.05, 3.63) is 35.9 Å². The molecule has 1 rings (SSSR count). The third-order valence-corrected chi connectivity index (χ3v) is 2.31. The van der Waals surface area contributed by atoms with E-state index in [2.05, 4.69) is 4.74 Å². The van der Waals surface area contributed by atoms with Crippen molar-refractivity contribution in [2.45, 2.75) is 6.92 Å². The Morgan fingerprint density at radius 3 is 2.33 bits per heavy atom. The second-order valence-electron chi connectivity index (χ2n) is 3.90. The molecule has 0 saturated heterocycles. The first kappa shape index (κ1) is 14.0. The number of hydrogen-bond donors (Lipinski definition) is 0. The van der Waals surface area contributed by atoms with Crippen LogP contribution in [0.2, 0.25) is 0 Å². The molecule has 0 aliphatic rings.